The maximum atomic E-state index is 2.93. The van der Waals surface area contributed by atoms with E-state index in [0.717, 1.165) is 0 Å². The van der Waals surface area contributed by atoms with Gasteiger partial charge in [0.1, 0.15) is 0 Å². The van der Waals surface area contributed by atoms with E-state index in [1.807, 2.05) is 24.3 Å². The zero-order valence-electron chi connectivity index (χ0n) is 5.89. The van der Waals surface area contributed by atoms with Crippen LogP contribution in [0.25, 0.3) is 0 Å². The van der Waals surface area contributed by atoms with Gasteiger partial charge in [0, 0.05) is 0 Å². The average molecular weight is 147 g/mol. The third kappa shape index (κ3) is 5.11. The Balaban J connectivity index is 0. The first-order chi connectivity index (χ1) is 3.39. The predicted molar refractivity (Wildman–Crippen MR) is 39.7 cm³/mol. The summed E-state index contributed by atoms with van der Waals surface area (Å²) >= 11 is 0. The smallest absolute Gasteiger partial charge is 0.577 e. The topological polar surface area (TPSA) is 0 Å². The van der Waals surface area contributed by atoms with E-state index in [-0.39, 0.29) is 39.5 Å². The molecule has 1 radical (unpaired) electrons. The minimum atomic E-state index is 0. The predicted octanol–water partition coefficient (Wildman–Crippen LogP) is -0.875. The van der Waals surface area contributed by atoms with E-state index in [9.17, 15) is 0 Å². The van der Waals surface area contributed by atoms with Crippen molar-refractivity contribution < 1.29 is 29.6 Å². The van der Waals surface area contributed by atoms with Crippen molar-refractivity contribution in [3.05, 3.63) is 35.9 Å². The van der Waals surface area contributed by atoms with Crippen LogP contribution in [0.1, 0.15) is 5.56 Å². The summed E-state index contributed by atoms with van der Waals surface area (Å²) in [5.74, 6) is 0. The molecule has 0 bridgehead atoms. The quantitative estimate of drug-likeness (QED) is 0.330. The van der Waals surface area contributed by atoms with Gasteiger partial charge in [-0.1, -0.05) is 29.8 Å². The van der Waals surface area contributed by atoms with Gasteiger partial charge < -0.3 is 9.90 Å². The minimum Gasteiger partial charge on any atom is -0.577 e. The van der Waals surface area contributed by atoms with Crippen molar-refractivity contribution in [2.24, 2.45) is 0 Å². The second-order valence-corrected chi connectivity index (χ2v) is 1.58. The van der Waals surface area contributed by atoms with Crippen molar-refractivity contribution in [3.63, 3.8) is 0 Å². The van der Waals surface area contributed by atoms with Crippen molar-refractivity contribution in [2.45, 2.75) is 6.92 Å². The third-order valence-electron chi connectivity index (χ3n) is 0.885. The van der Waals surface area contributed by atoms with E-state index < -0.39 is 0 Å². The molecule has 1 aromatic carbocycles. The van der Waals surface area contributed by atoms with Crippen LogP contribution < -0.4 is 29.6 Å². The molecule has 0 nitrogen and oxygen atoms in total. The molecule has 0 spiro atoms. The van der Waals surface area contributed by atoms with E-state index >= 15 is 0 Å². The Kier molecular flexibility index (Phi) is 9.27. The zero-order valence-corrected chi connectivity index (χ0v) is 9.04. The van der Waals surface area contributed by atoms with Gasteiger partial charge in [-0.05, 0) is 13.0 Å². The molecule has 0 aliphatic heterocycles. The van der Waals surface area contributed by atoms with Gasteiger partial charge in [0.15, 0.2) is 0 Å². The Morgan fingerprint density at radius 1 is 1.22 bits per heavy atom. The molecule has 1 rings (SSSR count). The van der Waals surface area contributed by atoms with Gasteiger partial charge in [-0.15, -0.1) is 0 Å². The number of rotatable bonds is 0. The van der Waals surface area contributed by atoms with Crippen LogP contribution >= 0.6 is 9.90 Å². The summed E-state index contributed by atoms with van der Waals surface area (Å²) in [5.41, 5.74) is 1.29. The number of aryl methyl sites for hydroxylation is 1. The molecular formula is C7H9NaP. The number of hydrogen-bond donors (Lipinski definition) is 0. The molecule has 0 saturated heterocycles. The first-order valence-electron chi connectivity index (χ1n) is 2.32. The third-order valence-corrected chi connectivity index (χ3v) is 0.885. The second kappa shape index (κ2) is 6.77. The van der Waals surface area contributed by atoms with Gasteiger partial charge in [-0.3, -0.25) is 0 Å². The Hall–Kier alpha value is 0.650. The van der Waals surface area contributed by atoms with Crippen LogP contribution in [-0.4, -0.2) is 0 Å². The second-order valence-electron chi connectivity index (χ2n) is 1.58. The summed E-state index contributed by atoms with van der Waals surface area (Å²) in [6.45, 7) is 2.06. The SMILES string of the molecule is Cc1cc[c]cc1.[Na+].[PH2-]. The van der Waals surface area contributed by atoms with Crippen molar-refractivity contribution >= 4 is 9.90 Å². The average Bonchev–Trinajstić information content (AvgIpc) is 1.69. The van der Waals surface area contributed by atoms with E-state index in [2.05, 4.69) is 13.0 Å². The molecule has 0 amide bonds. The molecule has 43 valence electrons. The Morgan fingerprint density at radius 2 is 1.67 bits per heavy atom. The molecule has 0 heterocycles. The van der Waals surface area contributed by atoms with Crippen LogP contribution in [-0.2, 0) is 0 Å². The molecule has 0 aliphatic rings. The fraction of sp³-hybridized carbons (Fsp3) is 0.143. The summed E-state index contributed by atoms with van der Waals surface area (Å²) in [6.07, 6.45) is 0. The molecule has 0 atom stereocenters. The van der Waals surface area contributed by atoms with Crippen LogP contribution in [0, 0.1) is 13.0 Å². The summed E-state index contributed by atoms with van der Waals surface area (Å²) in [5, 5.41) is 0. The van der Waals surface area contributed by atoms with Crippen molar-refractivity contribution in [2.75, 3.05) is 0 Å². The van der Waals surface area contributed by atoms with Gasteiger partial charge in [0.05, 0.1) is 0 Å². The fourth-order valence-electron chi connectivity index (χ4n) is 0.470. The maximum absolute atomic E-state index is 2.93. The van der Waals surface area contributed by atoms with Crippen molar-refractivity contribution in [1.82, 2.24) is 0 Å². The zero-order chi connectivity index (χ0) is 5.11. The van der Waals surface area contributed by atoms with Gasteiger partial charge in [0.25, 0.3) is 0 Å². The Labute approximate surface area is 82.0 Å². The van der Waals surface area contributed by atoms with Crippen molar-refractivity contribution in [1.29, 1.82) is 0 Å². The molecule has 9 heavy (non-hydrogen) atoms. The number of hydrogen-bond acceptors (Lipinski definition) is 0. The van der Waals surface area contributed by atoms with E-state index in [1.165, 1.54) is 5.56 Å². The summed E-state index contributed by atoms with van der Waals surface area (Å²) < 4.78 is 0. The summed E-state index contributed by atoms with van der Waals surface area (Å²) in [6, 6.07) is 10.8. The van der Waals surface area contributed by atoms with Gasteiger partial charge >= 0.3 is 29.6 Å². The largest absolute Gasteiger partial charge is 1.00 e. The maximum Gasteiger partial charge on any atom is 1.00 e. The van der Waals surface area contributed by atoms with Crippen molar-refractivity contribution in [3.8, 4) is 0 Å². The molecule has 0 unspecified atom stereocenters. The summed E-state index contributed by atoms with van der Waals surface area (Å²) in [7, 11) is 0. The standard InChI is InChI=1S/C7H7.Na.H2P/c1-7-5-3-2-4-6-7;;/h3-6H,1H3;;1H2/q;+1;-1. The van der Waals surface area contributed by atoms with E-state index in [4.69, 9.17) is 0 Å². The minimum absolute atomic E-state index is 0. The first-order valence-corrected chi connectivity index (χ1v) is 2.32. The molecule has 0 fully saturated rings. The monoisotopic (exact) mass is 147 g/mol. The Bertz CT molecular complexity index is 139. The van der Waals surface area contributed by atoms with E-state index in [0.29, 0.717) is 0 Å². The molecule has 0 N–H and O–H groups in total. The van der Waals surface area contributed by atoms with Crippen LogP contribution in [0.3, 0.4) is 0 Å². The van der Waals surface area contributed by atoms with Gasteiger partial charge in [0.2, 0.25) is 0 Å². The van der Waals surface area contributed by atoms with Crippen LogP contribution in [0.2, 0.25) is 0 Å². The summed E-state index contributed by atoms with van der Waals surface area (Å²) in [4.78, 5) is 0. The molecule has 0 aromatic heterocycles. The van der Waals surface area contributed by atoms with Crippen LogP contribution in [0.15, 0.2) is 24.3 Å². The fourth-order valence-corrected chi connectivity index (χ4v) is 0.470. The molecule has 0 saturated carbocycles. The van der Waals surface area contributed by atoms with Gasteiger partial charge in [-0.2, -0.15) is 0 Å². The normalized spacial score (nSPS) is 6.78. The molecule has 2 heteroatoms. The number of benzene rings is 1. The van der Waals surface area contributed by atoms with Crippen LogP contribution in [0.4, 0.5) is 0 Å². The molecule has 1 aromatic rings. The van der Waals surface area contributed by atoms with Gasteiger partial charge in [-0.25, -0.2) is 0 Å². The van der Waals surface area contributed by atoms with Crippen LogP contribution in [0.5, 0.6) is 0 Å². The molecule has 0 aliphatic carbocycles. The molecular weight excluding hydrogens is 138 g/mol. The Morgan fingerprint density at radius 3 is 1.89 bits per heavy atom. The van der Waals surface area contributed by atoms with E-state index in [1.54, 1.807) is 0 Å². The first kappa shape index (κ1) is 12.3.